The van der Waals surface area contributed by atoms with Crippen molar-refractivity contribution in [2.75, 3.05) is 11.9 Å². The Kier molecular flexibility index (Phi) is 4.25. The lowest BCUT2D eigenvalue weighted by atomic mass is 10.1. The van der Waals surface area contributed by atoms with E-state index >= 15 is 0 Å². The van der Waals surface area contributed by atoms with Crippen molar-refractivity contribution in [3.63, 3.8) is 0 Å². The van der Waals surface area contributed by atoms with Gasteiger partial charge in [0.25, 0.3) is 0 Å². The summed E-state index contributed by atoms with van der Waals surface area (Å²) in [5.41, 5.74) is 5.55. The van der Waals surface area contributed by atoms with E-state index in [2.05, 4.69) is 10.6 Å². The molecule has 3 amide bonds. The average Bonchev–Trinajstić information content (AvgIpc) is 2.26. The molecule has 0 fully saturated rings. The van der Waals surface area contributed by atoms with Gasteiger partial charge in [-0.05, 0) is 18.6 Å². The number of hydrogen-bond acceptors (Lipinski definition) is 3. The molecule has 0 aliphatic heterocycles. The minimum absolute atomic E-state index is 0.00623. The fraction of sp³-hybridized carbons (Fsp3) is 0.182. The fourth-order valence-electron chi connectivity index (χ4n) is 1.39. The molecule has 0 unspecified atom stereocenters. The summed E-state index contributed by atoms with van der Waals surface area (Å²) in [6.07, 6.45) is 0. The van der Waals surface area contributed by atoms with Crippen LogP contribution in [-0.2, 0) is 4.79 Å². The van der Waals surface area contributed by atoms with Gasteiger partial charge < -0.3 is 21.5 Å². The van der Waals surface area contributed by atoms with Gasteiger partial charge in [-0.1, -0.05) is 12.1 Å². The van der Waals surface area contributed by atoms with Crippen molar-refractivity contribution in [2.45, 2.75) is 6.92 Å². The summed E-state index contributed by atoms with van der Waals surface area (Å²) in [7, 11) is 0. The summed E-state index contributed by atoms with van der Waals surface area (Å²) >= 11 is 0. The average molecular weight is 251 g/mol. The van der Waals surface area contributed by atoms with Gasteiger partial charge in [-0.25, -0.2) is 9.59 Å². The second-order valence-corrected chi connectivity index (χ2v) is 3.58. The number of carboxylic acid groups (broad SMARTS) is 1. The molecule has 0 bridgehead atoms. The summed E-state index contributed by atoms with van der Waals surface area (Å²) in [4.78, 5) is 32.9. The van der Waals surface area contributed by atoms with Crippen molar-refractivity contribution in [1.82, 2.24) is 5.32 Å². The maximum atomic E-state index is 11.4. The number of aromatic carboxylic acids is 1. The molecule has 7 nitrogen and oxygen atoms in total. The number of carboxylic acids is 1. The van der Waals surface area contributed by atoms with Crippen LogP contribution in [0.5, 0.6) is 0 Å². The molecular formula is C11H13N3O4. The number of carbonyl (C=O) groups is 3. The third-order valence-corrected chi connectivity index (χ3v) is 2.16. The number of nitrogens with one attached hydrogen (secondary N) is 2. The van der Waals surface area contributed by atoms with E-state index in [1.165, 1.54) is 6.07 Å². The van der Waals surface area contributed by atoms with Crippen molar-refractivity contribution in [3.8, 4) is 0 Å². The van der Waals surface area contributed by atoms with E-state index in [1.807, 2.05) is 0 Å². The molecule has 1 aromatic rings. The van der Waals surface area contributed by atoms with Crippen LogP contribution in [0.25, 0.3) is 0 Å². The number of anilines is 1. The predicted molar refractivity (Wildman–Crippen MR) is 64.4 cm³/mol. The smallest absolute Gasteiger partial charge is 0.338 e. The van der Waals surface area contributed by atoms with Gasteiger partial charge in [0.2, 0.25) is 5.91 Å². The van der Waals surface area contributed by atoms with Gasteiger partial charge in [0.15, 0.2) is 0 Å². The van der Waals surface area contributed by atoms with Crippen LogP contribution in [0.15, 0.2) is 18.2 Å². The highest BCUT2D eigenvalue weighted by atomic mass is 16.4. The highest BCUT2D eigenvalue weighted by molar-refractivity contribution is 6.01. The van der Waals surface area contributed by atoms with Crippen molar-refractivity contribution in [1.29, 1.82) is 0 Å². The van der Waals surface area contributed by atoms with Gasteiger partial charge in [0.1, 0.15) is 0 Å². The van der Waals surface area contributed by atoms with Gasteiger partial charge >= 0.3 is 12.0 Å². The van der Waals surface area contributed by atoms with Gasteiger partial charge in [0, 0.05) is 0 Å². The van der Waals surface area contributed by atoms with Crippen LogP contribution in [0.2, 0.25) is 0 Å². The Morgan fingerprint density at radius 1 is 1.33 bits per heavy atom. The molecule has 5 N–H and O–H groups in total. The third-order valence-electron chi connectivity index (χ3n) is 2.16. The number of amides is 3. The Morgan fingerprint density at radius 2 is 2.00 bits per heavy atom. The fourth-order valence-corrected chi connectivity index (χ4v) is 1.39. The van der Waals surface area contributed by atoms with Crippen LogP contribution in [0.4, 0.5) is 10.5 Å². The largest absolute Gasteiger partial charge is 0.478 e. The molecule has 0 heterocycles. The Hall–Kier alpha value is -2.57. The molecule has 0 atom stereocenters. The van der Waals surface area contributed by atoms with Crippen LogP contribution in [0, 0.1) is 6.92 Å². The number of nitrogens with two attached hydrogens (primary N) is 1. The lowest BCUT2D eigenvalue weighted by Crippen LogP contribution is -2.36. The molecule has 1 rings (SSSR count). The molecule has 7 heteroatoms. The van der Waals surface area contributed by atoms with Gasteiger partial charge in [-0.2, -0.15) is 0 Å². The topological polar surface area (TPSA) is 122 Å². The Bertz CT molecular complexity index is 499. The SMILES string of the molecule is Cc1cccc(NC(=O)NCC(N)=O)c1C(=O)O. The number of aryl methyl sites for hydroxylation is 1. The second kappa shape index (κ2) is 5.67. The van der Waals surface area contributed by atoms with Crippen LogP contribution in [-0.4, -0.2) is 29.6 Å². The van der Waals surface area contributed by atoms with Crippen molar-refractivity contribution in [3.05, 3.63) is 29.3 Å². The predicted octanol–water partition coefficient (Wildman–Crippen LogP) is 0.300. The summed E-state index contributed by atoms with van der Waals surface area (Å²) < 4.78 is 0. The number of rotatable bonds is 4. The number of primary amides is 1. The molecule has 0 saturated heterocycles. The molecular weight excluding hydrogens is 238 g/mol. The zero-order valence-corrected chi connectivity index (χ0v) is 9.69. The summed E-state index contributed by atoms with van der Waals surface area (Å²) in [6, 6.07) is 4.00. The Balaban J connectivity index is 2.84. The van der Waals surface area contributed by atoms with E-state index in [9.17, 15) is 14.4 Å². The Labute approximate surface area is 103 Å². The maximum Gasteiger partial charge on any atom is 0.338 e. The van der Waals surface area contributed by atoms with Gasteiger partial charge in [-0.15, -0.1) is 0 Å². The number of hydrogen-bond donors (Lipinski definition) is 4. The standard InChI is InChI=1S/C11H13N3O4/c1-6-3-2-4-7(9(6)10(16)17)14-11(18)13-5-8(12)15/h2-4H,5H2,1H3,(H2,12,15)(H,16,17)(H2,13,14,18). The zero-order valence-electron chi connectivity index (χ0n) is 9.69. The molecule has 0 saturated carbocycles. The summed E-state index contributed by atoms with van der Waals surface area (Å²) in [6.45, 7) is 1.30. The quantitative estimate of drug-likeness (QED) is 0.614. The molecule has 0 radical (unpaired) electrons. The van der Waals surface area contributed by atoms with E-state index in [4.69, 9.17) is 10.8 Å². The van der Waals surface area contributed by atoms with Crippen LogP contribution >= 0.6 is 0 Å². The van der Waals surface area contributed by atoms with Crippen molar-refractivity contribution in [2.24, 2.45) is 5.73 Å². The van der Waals surface area contributed by atoms with E-state index in [0.29, 0.717) is 5.56 Å². The van der Waals surface area contributed by atoms with Crippen molar-refractivity contribution < 1.29 is 19.5 Å². The second-order valence-electron chi connectivity index (χ2n) is 3.58. The molecule has 0 spiro atoms. The van der Waals surface area contributed by atoms with E-state index in [0.717, 1.165) is 0 Å². The summed E-state index contributed by atoms with van der Waals surface area (Å²) in [5, 5.41) is 13.6. The lowest BCUT2D eigenvalue weighted by molar-refractivity contribution is -0.117. The van der Waals surface area contributed by atoms with Crippen LogP contribution in [0.3, 0.4) is 0 Å². The normalized spacial score (nSPS) is 9.61. The molecule has 0 aliphatic rings. The lowest BCUT2D eigenvalue weighted by Gasteiger charge is -2.10. The van der Waals surface area contributed by atoms with Crippen LogP contribution < -0.4 is 16.4 Å². The first-order valence-corrected chi connectivity index (χ1v) is 5.08. The van der Waals surface area contributed by atoms with Gasteiger partial charge in [0.05, 0.1) is 17.8 Å². The molecule has 0 aliphatic carbocycles. The zero-order chi connectivity index (χ0) is 13.7. The summed E-state index contributed by atoms with van der Waals surface area (Å²) in [5.74, 6) is -1.83. The first-order valence-electron chi connectivity index (χ1n) is 5.08. The number of benzene rings is 1. The first kappa shape index (κ1) is 13.5. The highest BCUT2D eigenvalue weighted by Gasteiger charge is 2.14. The molecule has 0 aromatic heterocycles. The minimum atomic E-state index is -1.14. The first-order chi connectivity index (χ1) is 8.41. The van der Waals surface area contributed by atoms with E-state index in [-0.39, 0.29) is 17.8 Å². The molecule has 1 aromatic carbocycles. The highest BCUT2D eigenvalue weighted by Crippen LogP contribution is 2.19. The number of carbonyl (C=O) groups excluding carboxylic acids is 2. The van der Waals surface area contributed by atoms with Gasteiger partial charge in [-0.3, -0.25) is 4.79 Å². The number of urea groups is 1. The molecule has 96 valence electrons. The maximum absolute atomic E-state index is 11.4. The Morgan fingerprint density at radius 3 is 2.56 bits per heavy atom. The van der Waals surface area contributed by atoms with E-state index in [1.54, 1.807) is 19.1 Å². The third kappa shape index (κ3) is 3.48. The monoisotopic (exact) mass is 251 g/mol. The molecule has 18 heavy (non-hydrogen) atoms. The minimum Gasteiger partial charge on any atom is -0.478 e. The van der Waals surface area contributed by atoms with E-state index < -0.39 is 17.9 Å². The van der Waals surface area contributed by atoms with Crippen molar-refractivity contribution >= 4 is 23.6 Å². The van der Waals surface area contributed by atoms with Crippen LogP contribution in [0.1, 0.15) is 15.9 Å².